The van der Waals surface area contributed by atoms with E-state index in [1.807, 2.05) is 0 Å². The summed E-state index contributed by atoms with van der Waals surface area (Å²) in [6, 6.07) is 3.27. The number of unbranched alkanes of at least 4 members (excludes halogenated alkanes) is 1. The monoisotopic (exact) mass is 265 g/mol. The Labute approximate surface area is 118 Å². The Balaban J connectivity index is 2.54. The van der Waals surface area contributed by atoms with Crippen LogP contribution in [-0.2, 0) is 6.42 Å². The molecule has 1 aromatic heterocycles. The van der Waals surface area contributed by atoms with Crippen LogP contribution in [-0.4, -0.2) is 22.4 Å². The number of rotatable bonds is 10. The number of aromatic nitrogens is 2. The van der Waals surface area contributed by atoms with Gasteiger partial charge in [0.15, 0.2) is 0 Å². The molecule has 110 valence electrons. The van der Waals surface area contributed by atoms with Crippen LogP contribution in [0.5, 0.6) is 0 Å². The van der Waals surface area contributed by atoms with Crippen LogP contribution >= 0.6 is 0 Å². The molecule has 0 aliphatic heterocycles. The SMILES string of the molecule is CCCCC(Cc1ccn(C(C)CC)n1)NCCC. The van der Waals surface area contributed by atoms with Crippen molar-refractivity contribution in [1.29, 1.82) is 0 Å². The van der Waals surface area contributed by atoms with E-state index in [-0.39, 0.29) is 0 Å². The molecule has 0 saturated carbocycles. The topological polar surface area (TPSA) is 29.9 Å². The van der Waals surface area contributed by atoms with Gasteiger partial charge in [-0.15, -0.1) is 0 Å². The molecule has 3 heteroatoms. The summed E-state index contributed by atoms with van der Waals surface area (Å²) < 4.78 is 2.10. The Morgan fingerprint density at radius 1 is 1.26 bits per heavy atom. The van der Waals surface area contributed by atoms with Crippen molar-refractivity contribution in [3.8, 4) is 0 Å². The minimum absolute atomic E-state index is 0.506. The molecule has 1 aromatic rings. The Hall–Kier alpha value is -0.830. The van der Waals surface area contributed by atoms with Gasteiger partial charge in [0.25, 0.3) is 0 Å². The molecule has 2 atom stereocenters. The molecular weight excluding hydrogens is 234 g/mol. The first-order valence-electron chi connectivity index (χ1n) is 7.98. The number of hydrogen-bond donors (Lipinski definition) is 1. The van der Waals surface area contributed by atoms with E-state index >= 15 is 0 Å². The maximum Gasteiger partial charge on any atom is 0.0640 e. The van der Waals surface area contributed by atoms with E-state index in [9.17, 15) is 0 Å². The molecule has 0 spiro atoms. The van der Waals surface area contributed by atoms with E-state index in [1.165, 1.54) is 31.4 Å². The van der Waals surface area contributed by atoms with Gasteiger partial charge in [-0.2, -0.15) is 5.10 Å². The molecule has 3 nitrogen and oxygen atoms in total. The third kappa shape index (κ3) is 5.77. The van der Waals surface area contributed by atoms with Gasteiger partial charge in [-0.3, -0.25) is 4.68 Å². The fraction of sp³-hybridized carbons (Fsp3) is 0.812. The molecule has 0 aromatic carbocycles. The largest absolute Gasteiger partial charge is 0.314 e. The number of nitrogens with one attached hydrogen (secondary N) is 1. The van der Waals surface area contributed by atoms with Crippen molar-refractivity contribution < 1.29 is 0 Å². The van der Waals surface area contributed by atoms with Gasteiger partial charge >= 0.3 is 0 Å². The van der Waals surface area contributed by atoms with Gasteiger partial charge in [0, 0.05) is 24.7 Å². The zero-order valence-corrected chi connectivity index (χ0v) is 13.2. The van der Waals surface area contributed by atoms with E-state index in [4.69, 9.17) is 5.10 Å². The Bertz CT molecular complexity index is 324. The molecule has 0 amide bonds. The summed E-state index contributed by atoms with van der Waals surface area (Å²) in [4.78, 5) is 0. The lowest BCUT2D eigenvalue weighted by atomic mass is 10.0. The molecule has 0 bridgehead atoms. The van der Waals surface area contributed by atoms with Crippen LogP contribution in [0.1, 0.15) is 71.5 Å². The molecule has 1 heterocycles. The highest BCUT2D eigenvalue weighted by molar-refractivity contribution is 5.02. The van der Waals surface area contributed by atoms with Crippen LogP contribution in [0, 0.1) is 0 Å². The maximum atomic E-state index is 4.71. The van der Waals surface area contributed by atoms with Crippen molar-refractivity contribution in [2.24, 2.45) is 0 Å². The van der Waals surface area contributed by atoms with Gasteiger partial charge in [-0.25, -0.2) is 0 Å². The maximum absolute atomic E-state index is 4.71. The second kappa shape index (κ2) is 9.13. The summed E-state index contributed by atoms with van der Waals surface area (Å²) in [7, 11) is 0. The molecule has 0 fully saturated rings. The minimum atomic E-state index is 0.506. The quantitative estimate of drug-likeness (QED) is 0.694. The van der Waals surface area contributed by atoms with Crippen LogP contribution in [0.15, 0.2) is 12.3 Å². The van der Waals surface area contributed by atoms with Crippen molar-refractivity contribution in [1.82, 2.24) is 15.1 Å². The van der Waals surface area contributed by atoms with Crippen molar-refractivity contribution >= 4 is 0 Å². The molecule has 0 aliphatic rings. The van der Waals surface area contributed by atoms with Crippen LogP contribution in [0.25, 0.3) is 0 Å². The molecule has 1 rings (SSSR count). The van der Waals surface area contributed by atoms with Crippen molar-refractivity contribution in [3.05, 3.63) is 18.0 Å². The average Bonchev–Trinajstić information content (AvgIpc) is 2.89. The summed E-state index contributed by atoms with van der Waals surface area (Å²) in [6.07, 6.45) is 9.34. The van der Waals surface area contributed by atoms with E-state index < -0.39 is 0 Å². The highest BCUT2D eigenvalue weighted by Gasteiger charge is 2.11. The highest BCUT2D eigenvalue weighted by atomic mass is 15.3. The second-order valence-electron chi connectivity index (χ2n) is 5.54. The summed E-state index contributed by atoms with van der Waals surface area (Å²) >= 11 is 0. The van der Waals surface area contributed by atoms with Crippen molar-refractivity contribution in [2.45, 2.75) is 78.3 Å². The van der Waals surface area contributed by atoms with Gasteiger partial charge in [0.05, 0.1) is 5.69 Å². The Kier molecular flexibility index (Phi) is 7.80. The third-order valence-electron chi connectivity index (χ3n) is 3.75. The molecule has 1 N–H and O–H groups in total. The van der Waals surface area contributed by atoms with Crippen LogP contribution in [0.4, 0.5) is 0 Å². The summed E-state index contributed by atoms with van der Waals surface area (Å²) in [5.74, 6) is 0. The first kappa shape index (κ1) is 16.2. The fourth-order valence-corrected chi connectivity index (χ4v) is 2.25. The zero-order chi connectivity index (χ0) is 14.1. The third-order valence-corrected chi connectivity index (χ3v) is 3.75. The highest BCUT2D eigenvalue weighted by Crippen LogP contribution is 2.12. The predicted molar refractivity (Wildman–Crippen MR) is 82.5 cm³/mol. The zero-order valence-electron chi connectivity index (χ0n) is 13.2. The molecule has 0 radical (unpaired) electrons. The summed E-state index contributed by atoms with van der Waals surface area (Å²) in [5.41, 5.74) is 1.23. The molecule has 19 heavy (non-hydrogen) atoms. The van der Waals surface area contributed by atoms with Crippen molar-refractivity contribution in [3.63, 3.8) is 0 Å². The lowest BCUT2D eigenvalue weighted by Crippen LogP contribution is -2.32. The van der Waals surface area contributed by atoms with Gasteiger partial charge in [0.2, 0.25) is 0 Å². The lowest BCUT2D eigenvalue weighted by molar-refractivity contribution is 0.444. The smallest absolute Gasteiger partial charge is 0.0640 e. The lowest BCUT2D eigenvalue weighted by Gasteiger charge is -2.17. The van der Waals surface area contributed by atoms with Crippen molar-refractivity contribution in [2.75, 3.05) is 6.54 Å². The van der Waals surface area contributed by atoms with E-state index in [0.717, 1.165) is 19.4 Å². The average molecular weight is 265 g/mol. The normalized spacial score (nSPS) is 14.5. The van der Waals surface area contributed by atoms with E-state index in [0.29, 0.717) is 12.1 Å². The van der Waals surface area contributed by atoms with Crippen LogP contribution in [0.3, 0.4) is 0 Å². The van der Waals surface area contributed by atoms with E-state index in [1.54, 1.807) is 0 Å². The van der Waals surface area contributed by atoms with Gasteiger partial charge in [-0.1, -0.05) is 33.6 Å². The molecular formula is C16H31N3. The van der Waals surface area contributed by atoms with Gasteiger partial charge in [-0.05, 0) is 38.8 Å². The summed E-state index contributed by atoms with van der Waals surface area (Å²) in [5, 5.41) is 8.37. The molecule has 2 unspecified atom stereocenters. The Morgan fingerprint density at radius 3 is 2.68 bits per heavy atom. The van der Waals surface area contributed by atoms with Crippen LogP contribution in [0.2, 0.25) is 0 Å². The molecule has 0 aliphatic carbocycles. The van der Waals surface area contributed by atoms with E-state index in [2.05, 4.69) is 50.0 Å². The minimum Gasteiger partial charge on any atom is -0.314 e. The first-order chi connectivity index (χ1) is 9.21. The van der Waals surface area contributed by atoms with Crippen LogP contribution < -0.4 is 5.32 Å². The first-order valence-corrected chi connectivity index (χ1v) is 7.98. The number of nitrogens with zero attached hydrogens (tertiary/aromatic N) is 2. The van der Waals surface area contributed by atoms with Gasteiger partial charge in [0.1, 0.15) is 0 Å². The number of hydrogen-bond acceptors (Lipinski definition) is 2. The fourth-order valence-electron chi connectivity index (χ4n) is 2.25. The molecule has 0 saturated heterocycles. The van der Waals surface area contributed by atoms with Gasteiger partial charge < -0.3 is 5.32 Å². The second-order valence-corrected chi connectivity index (χ2v) is 5.54. The summed E-state index contributed by atoms with van der Waals surface area (Å²) in [6.45, 7) is 10.0. The Morgan fingerprint density at radius 2 is 2.05 bits per heavy atom. The predicted octanol–water partition coefficient (Wildman–Crippen LogP) is 3.96. The standard InChI is InChI=1S/C16H31N3/c1-5-8-9-15(17-11-6-2)13-16-10-12-19(18-16)14(4)7-3/h10,12,14-15,17H,5-9,11,13H2,1-4H3.